The largest absolute Gasteiger partial charge is 0.507 e. The van der Waals surface area contributed by atoms with Gasteiger partial charge in [-0.15, -0.1) is 0 Å². The zero-order chi connectivity index (χ0) is 22.0. The van der Waals surface area contributed by atoms with Crippen LogP contribution in [0.15, 0.2) is 60.3 Å². The van der Waals surface area contributed by atoms with Crippen molar-refractivity contribution in [2.45, 2.75) is 24.9 Å². The molecule has 4 unspecified atom stereocenters. The van der Waals surface area contributed by atoms with Crippen LogP contribution in [0.5, 0.6) is 11.5 Å². The van der Waals surface area contributed by atoms with Crippen molar-refractivity contribution in [2.75, 3.05) is 14.2 Å². The van der Waals surface area contributed by atoms with E-state index in [9.17, 15) is 15.2 Å². The highest BCUT2D eigenvalue weighted by atomic mass is 16.7. The lowest BCUT2D eigenvalue weighted by Gasteiger charge is -2.49. The number of nitrogens with one attached hydrogen (secondary N) is 2. The van der Waals surface area contributed by atoms with E-state index in [-0.39, 0.29) is 10.6 Å². The molecule has 31 heavy (non-hydrogen) atoms. The molecule has 4 rings (SSSR count). The first-order valence-corrected chi connectivity index (χ1v) is 9.72. The molecule has 4 atom stereocenters. The fraction of sp³-hybridized carbons (Fsp3) is 0.273. The van der Waals surface area contributed by atoms with E-state index in [1.165, 1.54) is 0 Å². The Morgan fingerprint density at radius 1 is 1.10 bits per heavy atom. The summed E-state index contributed by atoms with van der Waals surface area (Å²) in [5.41, 5.74) is 5.68. The van der Waals surface area contributed by atoms with Gasteiger partial charge in [-0.25, -0.2) is 15.5 Å². The van der Waals surface area contributed by atoms with Crippen LogP contribution in [0, 0.1) is 11.3 Å². The molecule has 0 spiro atoms. The molecule has 2 heterocycles. The van der Waals surface area contributed by atoms with Gasteiger partial charge in [-0.05, 0) is 36.4 Å². The van der Waals surface area contributed by atoms with Gasteiger partial charge < -0.3 is 19.3 Å². The van der Waals surface area contributed by atoms with Crippen molar-refractivity contribution >= 4 is 11.8 Å². The second kappa shape index (κ2) is 8.18. The number of nitrogens with zero attached hydrogens (tertiary/aromatic N) is 2. The summed E-state index contributed by atoms with van der Waals surface area (Å²) in [4.78, 5) is 11.3. The minimum atomic E-state index is -1.37. The Bertz CT molecular complexity index is 1030. The summed E-state index contributed by atoms with van der Waals surface area (Å²) in [7, 11) is 3.20. The van der Waals surface area contributed by atoms with Crippen LogP contribution < -0.4 is 24.8 Å². The first-order chi connectivity index (χ1) is 15.0. The molecule has 1 saturated heterocycles. The van der Waals surface area contributed by atoms with Crippen molar-refractivity contribution in [2.24, 2.45) is 0 Å². The molecule has 0 aromatic heterocycles. The standard InChI is InChI=1S/C22H22N4O5/c1-29-17-7-3-14(4-8-17)19-11-20(31-22(27)28)25-21-15(12-23)13-24-26(19,21)16-5-9-18(30-2)10-6-16/h3-10,13,19-21,24-25H,11H2,1-2H3/p+1. The van der Waals surface area contributed by atoms with Gasteiger partial charge in [0.15, 0.2) is 11.9 Å². The lowest BCUT2D eigenvalue weighted by Crippen LogP contribution is -2.72. The average Bonchev–Trinajstić information content (AvgIpc) is 3.18. The van der Waals surface area contributed by atoms with Crippen LogP contribution in [0.3, 0.4) is 0 Å². The van der Waals surface area contributed by atoms with Crippen LogP contribution in [0.1, 0.15) is 18.0 Å². The average molecular weight is 423 g/mol. The van der Waals surface area contributed by atoms with Gasteiger partial charge in [0.25, 0.3) is 0 Å². The van der Waals surface area contributed by atoms with Crippen LogP contribution in [0.4, 0.5) is 10.5 Å². The van der Waals surface area contributed by atoms with Gasteiger partial charge in [-0.1, -0.05) is 0 Å². The molecule has 0 saturated carbocycles. The van der Waals surface area contributed by atoms with Gasteiger partial charge in [-0.2, -0.15) is 9.85 Å². The Kier molecular flexibility index (Phi) is 5.42. The number of hydrogen-bond acceptors (Lipinski definition) is 7. The third-order valence-electron chi connectivity index (χ3n) is 5.78. The topological polar surface area (TPSA) is 113 Å². The monoisotopic (exact) mass is 423 g/mol. The van der Waals surface area contributed by atoms with Crippen LogP contribution in [0.2, 0.25) is 0 Å². The molecule has 0 bridgehead atoms. The zero-order valence-electron chi connectivity index (χ0n) is 17.1. The maximum Gasteiger partial charge on any atom is 0.507 e. The Hall–Kier alpha value is -3.74. The van der Waals surface area contributed by atoms with Gasteiger partial charge >= 0.3 is 6.16 Å². The Balaban J connectivity index is 1.84. The van der Waals surface area contributed by atoms with E-state index >= 15 is 0 Å². The van der Waals surface area contributed by atoms with Gasteiger partial charge in [0.1, 0.15) is 29.2 Å². The third kappa shape index (κ3) is 3.52. The van der Waals surface area contributed by atoms with Gasteiger partial charge in [0.2, 0.25) is 6.17 Å². The van der Waals surface area contributed by atoms with Crippen LogP contribution >= 0.6 is 0 Å². The molecule has 2 aliphatic rings. The maximum atomic E-state index is 11.3. The highest BCUT2D eigenvalue weighted by Crippen LogP contribution is 2.45. The molecule has 0 amide bonds. The number of carboxylic acid groups (broad SMARTS) is 1. The van der Waals surface area contributed by atoms with E-state index in [4.69, 9.17) is 14.2 Å². The Labute approximate surface area is 179 Å². The molecular weight excluding hydrogens is 400 g/mol. The Morgan fingerprint density at radius 3 is 2.26 bits per heavy atom. The lowest BCUT2D eigenvalue weighted by atomic mass is 9.94. The minimum Gasteiger partial charge on any atom is -0.497 e. The molecule has 0 aliphatic carbocycles. The number of benzene rings is 2. The number of methoxy groups -OCH3 is 2. The second-order valence-electron chi connectivity index (χ2n) is 7.28. The summed E-state index contributed by atoms with van der Waals surface area (Å²) in [6.07, 6.45) is -0.689. The van der Waals surface area contributed by atoms with Crippen molar-refractivity contribution in [3.63, 3.8) is 0 Å². The summed E-state index contributed by atoms with van der Waals surface area (Å²) in [6.45, 7) is 0. The quantitative estimate of drug-likeness (QED) is 0.497. The summed E-state index contributed by atoms with van der Waals surface area (Å²) in [5, 5.41) is 22.1. The maximum absolute atomic E-state index is 11.3. The summed E-state index contributed by atoms with van der Waals surface area (Å²) in [5.74, 6) is 1.43. The number of rotatable bonds is 5. The highest BCUT2D eigenvalue weighted by Gasteiger charge is 2.57. The summed E-state index contributed by atoms with van der Waals surface area (Å²) in [6, 6.07) is 17.1. The number of hydrogen-bond donors (Lipinski definition) is 3. The van der Waals surface area contributed by atoms with Crippen molar-refractivity contribution in [1.29, 1.82) is 5.26 Å². The number of nitriles is 1. The van der Waals surface area contributed by atoms with Crippen LogP contribution in [-0.2, 0) is 4.74 Å². The van der Waals surface area contributed by atoms with Crippen LogP contribution in [-0.4, -0.2) is 37.9 Å². The fourth-order valence-electron chi connectivity index (χ4n) is 4.37. The number of carbonyl (C=O) groups is 1. The normalized spacial score (nSPS) is 26.6. The first kappa shape index (κ1) is 20.5. The molecule has 2 aromatic rings. The molecule has 2 aliphatic heterocycles. The molecule has 9 nitrogen and oxygen atoms in total. The number of ether oxygens (including phenoxy) is 3. The van der Waals surface area contributed by atoms with Crippen molar-refractivity contribution in [1.82, 2.24) is 15.3 Å². The second-order valence-corrected chi connectivity index (χ2v) is 7.28. The van der Waals surface area contributed by atoms with Gasteiger partial charge in [-0.3, -0.25) is 0 Å². The van der Waals surface area contributed by atoms with E-state index in [2.05, 4.69) is 16.8 Å². The molecule has 3 N–H and O–H groups in total. The predicted octanol–water partition coefficient (Wildman–Crippen LogP) is 3.02. The minimum absolute atomic E-state index is 0.165. The van der Waals surface area contributed by atoms with Gasteiger partial charge in [0.05, 0.1) is 26.8 Å². The van der Waals surface area contributed by atoms with E-state index < -0.39 is 18.5 Å². The molecule has 0 radical (unpaired) electrons. The molecule has 1 fully saturated rings. The van der Waals surface area contributed by atoms with E-state index in [0.717, 1.165) is 11.3 Å². The van der Waals surface area contributed by atoms with Crippen molar-refractivity contribution in [3.8, 4) is 17.6 Å². The third-order valence-corrected chi connectivity index (χ3v) is 5.78. The van der Waals surface area contributed by atoms with E-state index in [1.807, 2.05) is 48.5 Å². The smallest absolute Gasteiger partial charge is 0.497 e. The Morgan fingerprint density at radius 2 is 1.71 bits per heavy atom. The molecule has 160 valence electrons. The zero-order valence-corrected chi connectivity index (χ0v) is 17.1. The van der Waals surface area contributed by atoms with Crippen molar-refractivity contribution in [3.05, 3.63) is 65.9 Å². The predicted molar refractivity (Wildman–Crippen MR) is 112 cm³/mol. The van der Waals surface area contributed by atoms with E-state index in [1.54, 1.807) is 20.4 Å². The molecular formula is C22H23N4O5+. The first-order valence-electron chi connectivity index (χ1n) is 9.72. The fourth-order valence-corrected chi connectivity index (χ4v) is 4.37. The number of fused-ring (bicyclic) bond motifs is 1. The van der Waals surface area contributed by atoms with Crippen molar-refractivity contribution < 1.29 is 24.1 Å². The number of quaternary nitrogens is 1. The SMILES string of the molecule is COc1ccc(C2CC(OC(=O)O)NC3C(C#N)=CN[N+]32c2ccc(OC)cc2)cc1. The van der Waals surface area contributed by atoms with Gasteiger partial charge in [0, 0.05) is 17.7 Å². The van der Waals surface area contributed by atoms with E-state index in [0.29, 0.717) is 23.5 Å². The molecule has 2 aromatic carbocycles. The lowest BCUT2D eigenvalue weighted by molar-refractivity contribution is -0.0435. The highest BCUT2D eigenvalue weighted by molar-refractivity contribution is 5.58. The summed E-state index contributed by atoms with van der Waals surface area (Å²) >= 11 is 0. The van der Waals surface area contributed by atoms with Crippen LogP contribution in [0.25, 0.3) is 0 Å². The molecule has 9 heteroatoms. The summed E-state index contributed by atoms with van der Waals surface area (Å²) < 4.78 is 15.8.